The molecule has 10 heteroatoms. The topological polar surface area (TPSA) is 122 Å². The van der Waals surface area contributed by atoms with Crippen molar-refractivity contribution in [2.75, 3.05) is 6.54 Å². The van der Waals surface area contributed by atoms with Gasteiger partial charge in [0.25, 0.3) is 5.91 Å². The Bertz CT molecular complexity index is 623. The Morgan fingerprint density at radius 1 is 1.36 bits per heavy atom. The van der Waals surface area contributed by atoms with Crippen molar-refractivity contribution in [1.82, 2.24) is 24.7 Å². The van der Waals surface area contributed by atoms with Crippen LogP contribution in [0.15, 0.2) is 0 Å². The molecule has 0 aromatic carbocycles. The Kier molecular flexibility index (Phi) is 4.05. The number of imide groups is 1. The molecule has 0 saturated carbocycles. The normalized spacial score (nSPS) is 21.3. The van der Waals surface area contributed by atoms with E-state index in [1.807, 2.05) is 0 Å². The fourth-order valence-corrected chi connectivity index (χ4v) is 2.62. The first-order valence-electron chi connectivity index (χ1n) is 6.54. The van der Waals surface area contributed by atoms with Crippen LogP contribution in [0, 0.1) is 6.92 Å². The molecule has 1 saturated heterocycles. The zero-order valence-corrected chi connectivity index (χ0v) is 13.5. The highest BCUT2D eigenvalue weighted by molar-refractivity contribution is 6.99. The average Bonchev–Trinajstić information content (AvgIpc) is 2.89. The maximum absolute atomic E-state index is 12.2. The Morgan fingerprint density at radius 3 is 2.50 bits per heavy atom. The van der Waals surface area contributed by atoms with Gasteiger partial charge in [0.15, 0.2) is 5.54 Å². The first kappa shape index (κ1) is 16.1. The Hall–Kier alpha value is -2.23. The monoisotopic (exact) mass is 327 g/mol. The molecule has 1 atom stereocenters. The molecule has 1 aliphatic rings. The van der Waals surface area contributed by atoms with Gasteiger partial charge in [0, 0.05) is 0 Å². The van der Waals surface area contributed by atoms with Gasteiger partial charge in [0.2, 0.25) is 0 Å². The average molecular weight is 327 g/mol. The van der Waals surface area contributed by atoms with E-state index in [0.29, 0.717) is 11.4 Å². The molecule has 0 radical (unpaired) electrons. The van der Waals surface area contributed by atoms with Crippen LogP contribution in [-0.2, 0) is 15.1 Å². The van der Waals surface area contributed by atoms with Crippen LogP contribution in [0.1, 0.15) is 32.2 Å². The molecule has 2 heterocycles. The summed E-state index contributed by atoms with van der Waals surface area (Å²) in [5.74, 6) is -0.593. The van der Waals surface area contributed by atoms with Crippen molar-refractivity contribution in [2.24, 2.45) is 0 Å². The van der Waals surface area contributed by atoms with Crippen molar-refractivity contribution >= 4 is 29.8 Å². The van der Waals surface area contributed by atoms with E-state index in [1.54, 1.807) is 27.7 Å². The second-order valence-corrected chi connectivity index (χ2v) is 6.40. The highest BCUT2D eigenvalue weighted by atomic mass is 32.1. The number of urea groups is 1. The van der Waals surface area contributed by atoms with Crippen LogP contribution in [0.5, 0.6) is 0 Å². The lowest BCUT2D eigenvalue weighted by Crippen LogP contribution is -2.53. The molecule has 1 aromatic heterocycles. The zero-order valence-electron chi connectivity index (χ0n) is 12.6. The van der Waals surface area contributed by atoms with Crippen molar-refractivity contribution in [3.8, 4) is 0 Å². The third-order valence-electron chi connectivity index (χ3n) is 2.90. The Morgan fingerprint density at radius 2 is 2.05 bits per heavy atom. The standard InChI is InChI=1S/C12H17N5O4S/c1-6-7(17-22-16-6)12(8(18)14-9(19)15-12)5-13-10(20)21-11(2,3)4/h5H2,1-4H3,(H,13,20)(H2,14,15,18,19). The molecule has 22 heavy (non-hydrogen) atoms. The van der Waals surface area contributed by atoms with Crippen molar-refractivity contribution in [3.63, 3.8) is 0 Å². The summed E-state index contributed by atoms with van der Waals surface area (Å²) in [5, 5.41) is 7.15. The van der Waals surface area contributed by atoms with Gasteiger partial charge < -0.3 is 15.4 Å². The van der Waals surface area contributed by atoms with E-state index in [4.69, 9.17) is 4.74 Å². The van der Waals surface area contributed by atoms with Crippen molar-refractivity contribution < 1.29 is 19.1 Å². The molecule has 4 amide bonds. The molecular weight excluding hydrogens is 310 g/mol. The van der Waals surface area contributed by atoms with E-state index in [9.17, 15) is 14.4 Å². The summed E-state index contributed by atoms with van der Waals surface area (Å²) in [5.41, 5.74) is -1.34. The van der Waals surface area contributed by atoms with Gasteiger partial charge in [0.05, 0.1) is 24.0 Å². The summed E-state index contributed by atoms with van der Waals surface area (Å²) in [6.07, 6.45) is -0.693. The number of carbonyl (C=O) groups is 3. The number of nitrogens with zero attached hydrogens (tertiary/aromatic N) is 2. The van der Waals surface area contributed by atoms with Crippen molar-refractivity contribution in [1.29, 1.82) is 0 Å². The minimum absolute atomic E-state index is 0.189. The van der Waals surface area contributed by atoms with Gasteiger partial charge in [0.1, 0.15) is 11.3 Å². The zero-order chi connectivity index (χ0) is 16.5. The number of hydrogen-bond donors (Lipinski definition) is 3. The molecule has 1 unspecified atom stereocenters. The van der Waals surface area contributed by atoms with Gasteiger partial charge in [-0.1, -0.05) is 0 Å². The van der Waals surface area contributed by atoms with Gasteiger partial charge in [-0.05, 0) is 27.7 Å². The SMILES string of the molecule is Cc1nsnc1C1(CNC(=O)OC(C)(C)C)NC(=O)NC1=O. The lowest BCUT2D eigenvalue weighted by atomic mass is 9.94. The summed E-state index contributed by atoms with van der Waals surface area (Å²) < 4.78 is 13.2. The predicted octanol–water partition coefficient (Wildman–Crippen LogP) is 0.406. The van der Waals surface area contributed by atoms with E-state index in [0.717, 1.165) is 11.7 Å². The van der Waals surface area contributed by atoms with Gasteiger partial charge in [-0.15, -0.1) is 0 Å². The molecule has 2 rings (SSSR count). The smallest absolute Gasteiger partial charge is 0.407 e. The molecule has 0 aliphatic carbocycles. The summed E-state index contributed by atoms with van der Waals surface area (Å²) in [4.78, 5) is 35.5. The van der Waals surface area contributed by atoms with Crippen LogP contribution < -0.4 is 16.0 Å². The molecule has 0 spiro atoms. The van der Waals surface area contributed by atoms with Gasteiger partial charge >= 0.3 is 12.1 Å². The molecule has 1 aliphatic heterocycles. The van der Waals surface area contributed by atoms with Crippen LogP contribution in [0.3, 0.4) is 0 Å². The number of nitrogens with one attached hydrogen (secondary N) is 3. The number of hydrogen-bond acceptors (Lipinski definition) is 7. The number of amides is 4. The maximum Gasteiger partial charge on any atom is 0.407 e. The molecular formula is C12H17N5O4S. The summed E-state index contributed by atoms with van der Waals surface area (Å²) in [6, 6.07) is -0.650. The highest BCUT2D eigenvalue weighted by Gasteiger charge is 2.51. The minimum Gasteiger partial charge on any atom is -0.444 e. The lowest BCUT2D eigenvalue weighted by Gasteiger charge is -2.26. The summed E-state index contributed by atoms with van der Waals surface area (Å²) in [6.45, 7) is 6.65. The van der Waals surface area contributed by atoms with Crippen LogP contribution in [0.4, 0.5) is 9.59 Å². The lowest BCUT2D eigenvalue weighted by molar-refractivity contribution is -0.124. The molecule has 120 valence electrons. The maximum atomic E-state index is 12.2. The molecule has 3 N–H and O–H groups in total. The van der Waals surface area contributed by atoms with Gasteiger partial charge in [-0.2, -0.15) is 8.75 Å². The largest absolute Gasteiger partial charge is 0.444 e. The van der Waals surface area contributed by atoms with Crippen LogP contribution in [0.25, 0.3) is 0 Å². The van der Waals surface area contributed by atoms with E-state index in [2.05, 4.69) is 24.7 Å². The number of carbonyl (C=O) groups excluding carboxylic acids is 3. The van der Waals surface area contributed by atoms with E-state index < -0.39 is 29.2 Å². The third kappa shape index (κ3) is 3.16. The number of rotatable bonds is 3. The minimum atomic E-state index is -1.48. The predicted molar refractivity (Wildman–Crippen MR) is 77.2 cm³/mol. The molecule has 1 fully saturated rings. The van der Waals surface area contributed by atoms with Crippen molar-refractivity contribution in [3.05, 3.63) is 11.4 Å². The first-order chi connectivity index (χ1) is 10.1. The van der Waals surface area contributed by atoms with Crippen LogP contribution in [0.2, 0.25) is 0 Å². The molecule has 9 nitrogen and oxygen atoms in total. The molecule has 0 bridgehead atoms. The summed E-state index contributed by atoms with van der Waals surface area (Å²) >= 11 is 0.924. The van der Waals surface area contributed by atoms with E-state index in [1.165, 1.54) is 0 Å². The van der Waals surface area contributed by atoms with E-state index in [-0.39, 0.29) is 6.54 Å². The Balaban J connectivity index is 2.21. The second-order valence-electron chi connectivity index (χ2n) is 5.87. The third-order valence-corrected chi connectivity index (χ3v) is 3.51. The fourth-order valence-electron chi connectivity index (χ4n) is 2.00. The quantitative estimate of drug-likeness (QED) is 0.691. The number of aryl methyl sites for hydroxylation is 1. The fraction of sp³-hybridized carbons (Fsp3) is 0.583. The summed E-state index contributed by atoms with van der Waals surface area (Å²) in [7, 11) is 0. The number of aromatic nitrogens is 2. The van der Waals surface area contributed by atoms with Crippen LogP contribution in [-0.4, -0.2) is 38.9 Å². The van der Waals surface area contributed by atoms with E-state index >= 15 is 0 Å². The van der Waals surface area contributed by atoms with Gasteiger partial charge in [-0.3, -0.25) is 10.1 Å². The second kappa shape index (κ2) is 5.52. The van der Waals surface area contributed by atoms with Gasteiger partial charge in [-0.25, -0.2) is 9.59 Å². The molecule has 1 aromatic rings. The number of ether oxygens (including phenoxy) is 1. The van der Waals surface area contributed by atoms with Crippen LogP contribution >= 0.6 is 11.7 Å². The number of alkyl carbamates (subject to hydrolysis) is 1. The first-order valence-corrected chi connectivity index (χ1v) is 7.27. The van der Waals surface area contributed by atoms with Crippen molar-refractivity contribution in [2.45, 2.75) is 38.8 Å². The Labute approximate surface area is 131 Å². The highest BCUT2D eigenvalue weighted by Crippen LogP contribution is 2.26.